The minimum atomic E-state index is -0.691. The van der Waals surface area contributed by atoms with Gasteiger partial charge in [0.25, 0.3) is 11.7 Å². The summed E-state index contributed by atoms with van der Waals surface area (Å²) in [6.45, 7) is 1.60. The highest BCUT2D eigenvalue weighted by molar-refractivity contribution is 6.52. The molecule has 0 aliphatic carbocycles. The Bertz CT molecular complexity index is 426. The highest BCUT2D eigenvalue weighted by Crippen LogP contribution is 2.26. The summed E-state index contributed by atoms with van der Waals surface area (Å²) >= 11 is 0. The topological polar surface area (TPSA) is 46.2 Å². The smallest absolute Gasteiger partial charge is 0.296 e. The molecule has 1 N–H and O–H groups in total. The Hall–Kier alpha value is -1.71. The third-order valence-electron chi connectivity index (χ3n) is 1.98. The van der Waals surface area contributed by atoms with E-state index >= 15 is 0 Å². The molecule has 0 spiro atoms. The van der Waals surface area contributed by atoms with Gasteiger partial charge in [-0.2, -0.15) is 0 Å². The van der Waals surface area contributed by atoms with E-state index in [4.69, 9.17) is 0 Å². The number of carbonyl (C=O) groups is 2. The van der Waals surface area contributed by atoms with Gasteiger partial charge in [0, 0.05) is 0 Å². The maximum absolute atomic E-state index is 12.8. The van der Waals surface area contributed by atoms with Gasteiger partial charge in [0.1, 0.15) is 5.82 Å². The first-order valence-electron chi connectivity index (χ1n) is 3.75. The molecule has 0 unspecified atom stereocenters. The lowest BCUT2D eigenvalue weighted by Gasteiger charge is -2.00. The van der Waals surface area contributed by atoms with E-state index in [9.17, 15) is 14.0 Å². The first-order valence-corrected chi connectivity index (χ1v) is 3.75. The zero-order chi connectivity index (χ0) is 9.59. The summed E-state index contributed by atoms with van der Waals surface area (Å²) < 4.78 is 12.8. The number of halogens is 1. The largest absolute Gasteiger partial charge is 0.318 e. The van der Waals surface area contributed by atoms with E-state index in [-0.39, 0.29) is 11.3 Å². The van der Waals surface area contributed by atoms with Gasteiger partial charge in [-0.25, -0.2) is 4.39 Å². The molecule has 1 amide bonds. The summed E-state index contributed by atoms with van der Waals surface area (Å²) in [5.41, 5.74) is 1.04. The molecule has 0 bridgehead atoms. The number of ketones is 1. The normalized spacial score (nSPS) is 14.3. The van der Waals surface area contributed by atoms with E-state index in [0.717, 1.165) is 6.07 Å². The van der Waals surface area contributed by atoms with Gasteiger partial charge in [0.05, 0.1) is 11.3 Å². The minimum Gasteiger partial charge on any atom is -0.318 e. The van der Waals surface area contributed by atoms with Crippen LogP contribution in [0.4, 0.5) is 10.1 Å². The number of nitrogens with one attached hydrogen (secondary N) is 1. The first kappa shape index (κ1) is 7.91. The molecule has 0 saturated carbocycles. The highest BCUT2D eigenvalue weighted by Gasteiger charge is 2.29. The van der Waals surface area contributed by atoms with Gasteiger partial charge in [-0.1, -0.05) is 0 Å². The molecule has 0 saturated heterocycles. The number of carbonyl (C=O) groups excluding carboxylic acids is 2. The molecule has 1 heterocycles. The Balaban J connectivity index is 2.71. The van der Waals surface area contributed by atoms with Crippen molar-refractivity contribution in [1.29, 1.82) is 0 Å². The minimum absolute atomic E-state index is 0.271. The van der Waals surface area contributed by atoms with Crippen molar-refractivity contribution in [1.82, 2.24) is 0 Å². The number of rotatable bonds is 0. The second-order valence-corrected chi connectivity index (χ2v) is 2.93. The van der Waals surface area contributed by atoms with Gasteiger partial charge in [-0.3, -0.25) is 9.59 Å². The van der Waals surface area contributed by atoms with Crippen LogP contribution < -0.4 is 5.32 Å². The van der Waals surface area contributed by atoms with E-state index in [0.29, 0.717) is 5.56 Å². The lowest BCUT2D eigenvalue weighted by atomic mass is 10.1. The van der Waals surface area contributed by atoms with E-state index in [1.165, 1.54) is 6.07 Å². The molecule has 66 valence electrons. The molecule has 13 heavy (non-hydrogen) atoms. The predicted molar refractivity (Wildman–Crippen MR) is 44.1 cm³/mol. The summed E-state index contributed by atoms with van der Waals surface area (Å²) in [4.78, 5) is 22.1. The monoisotopic (exact) mass is 179 g/mol. The van der Waals surface area contributed by atoms with Gasteiger partial charge in [-0.15, -0.1) is 0 Å². The average Bonchev–Trinajstić information content (AvgIpc) is 2.27. The quantitative estimate of drug-likeness (QED) is 0.609. The number of anilines is 1. The van der Waals surface area contributed by atoms with Gasteiger partial charge < -0.3 is 5.32 Å². The van der Waals surface area contributed by atoms with Crippen molar-refractivity contribution in [3.05, 3.63) is 29.1 Å². The molecule has 4 heteroatoms. The zero-order valence-electron chi connectivity index (χ0n) is 6.85. The summed E-state index contributed by atoms with van der Waals surface area (Å²) in [6.07, 6.45) is 0. The molecule has 1 aliphatic rings. The van der Waals surface area contributed by atoms with Crippen LogP contribution in [0.1, 0.15) is 15.9 Å². The van der Waals surface area contributed by atoms with Crippen molar-refractivity contribution in [2.75, 3.05) is 5.32 Å². The fourth-order valence-electron chi connectivity index (χ4n) is 1.44. The molecule has 1 aromatic rings. The SMILES string of the molecule is Cc1cc(F)cc2c1C(=O)C(=O)N2. The highest BCUT2D eigenvalue weighted by atomic mass is 19.1. The Morgan fingerprint density at radius 3 is 2.69 bits per heavy atom. The number of fused-ring (bicyclic) bond motifs is 1. The van der Waals surface area contributed by atoms with Gasteiger partial charge in [-0.05, 0) is 24.6 Å². The Kier molecular flexibility index (Phi) is 1.45. The van der Waals surface area contributed by atoms with Crippen LogP contribution >= 0.6 is 0 Å². The van der Waals surface area contributed by atoms with E-state index < -0.39 is 17.5 Å². The molecule has 2 rings (SSSR count). The second-order valence-electron chi connectivity index (χ2n) is 2.93. The average molecular weight is 179 g/mol. The predicted octanol–water partition coefficient (Wildman–Crippen LogP) is 1.27. The number of aryl methyl sites for hydroxylation is 1. The number of benzene rings is 1. The van der Waals surface area contributed by atoms with Crippen LogP contribution in [0.25, 0.3) is 0 Å². The standard InChI is InChI=1S/C9H6FNO2/c1-4-2-5(10)3-6-7(4)8(12)9(13)11-6/h2-3H,1H3,(H,11,12,13). The summed E-state index contributed by atoms with van der Waals surface area (Å²) in [7, 11) is 0. The number of Topliss-reactive ketones (excluding diaryl/α,β-unsaturated/α-hetero) is 1. The number of hydrogen-bond acceptors (Lipinski definition) is 2. The zero-order valence-corrected chi connectivity index (χ0v) is 6.85. The number of amides is 1. The van der Waals surface area contributed by atoms with Crippen molar-refractivity contribution in [2.45, 2.75) is 6.92 Å². The molecular formula is C9H6FNO2. The molecule has 0 aromatic heterocycles. The fourth-order valence-corrected chi connectivity index (χ4v) is 1.44. The lowest BCUT2D eigenvalue weighted by Crippen LogP contribution is -2.12. The Labute approximate surface area is 73.6 Å². The van der Waals surface area contributed by atoms with Crippen molar-refractivity contribution >= 4 is 17.4 Å². The van der Waals surface area contributed by atoms with Crippen molar-refractivity contribution in [2.24, 2.45) is 0 Å². The van der Waals surface area contributed by atoms with Gasteiger partial charge >= 0.3 is 0 Å². The maximum Gasteiger partial charge on any atom is 0.296 e. The number of hydrogen-bond donors (Lipinski definition) is 1. The summed E-state index contributed by atoms with van der Waals surface area (Å²) in [5, 5.41) is 2.30. The third kappa shape index (κ3) is 1.02. The van der Waals surface area contributed by atoms with Crippen LogP contribution in [0, 0.1) is 12.7 Å². The van der Waals surface area contributed by atoms with E-state index in [1.54, 1.807) is 6.92 Å². The van der Waals surface area contributed by atoms with E-state index in [1.807, 2.05) is 0 Å². The molecular weight excluding hydrogens is 173 g/mol. The molecule has 0 radical (unpaired) electrons. The molecule has 3 nitrogen and oxygen atoms in total. The second kappa shape index (κ2) is 2.39. The lowest BCUT2D eigenvalue weighted by molar-refractivity contribution is -0.112. The van der Waals surface area contributed by atoms with Crippen LogP contribution in [0.3, 0.4) is 0 Å². The van der Waals surface area contributed by atoms with Crippen LogP contribution in [0.5, 0.6) is 0 Å². The summed E-state index contributed by atoms with van der Waals surface area (Å²) in [6, 6.07) is 2.38. The summed E-state index contributed by atoms with van der Waals surface area (Å²) in [5.74, 6) is -1.73. The van der Waals surface area contributed by atoms with Crippen molar-refractivity contribution < 1.29 is 14.0 Å². The molecule has 1 aliphatic heterocycles. The maximum atomic E-state index is 12.8. The molecule has 1 aromatic carbocycles. The van der Waals surface area contributed by atoms with Crippen LogP contribution in [0.2, 0.25) is 0 Å². The van der Waals surface area contributed by atoms with Gasteiger partial charge in [0.2, 0.25) is 0 Å². The third-order valence-corrected chi connectivity index (χ3v) is 1.98. The van der Waals surface area contributed by atoms with Crippen molar-refractivity contribution in [3.63, 3.8) is 0 Å². The van der Waals surface area contributed by atoms with Crippen LogP contribution in [-0.4, -0.2) is 11.7 Å². The van der Waals surface area contributed by atoms with Crippen molar-refractivity contribution in [3.8, 4) is 0 Å². The molecule has 0 fully saturated rings. The molecule has 0 atom stereocenters. The Morgan fingerprint density at radius 1 is 1.31 bits per heavy atom. The van der Waals surface area contributed by atoms with Gasteiger partial charge in [0.15, 0.2) is 0 Å². The Morgan fingerprint density at radius 2 is 2.00 bits per heavy atom. The van der Waals surface area contributed by atoms with Crippen LogP contribution in [-0.2, 0) is 4.79 Å². The first-order chi connectivity index (χ1) is 6.09. The van der Waals surface area contributed by atoms with Crippen LogP contribution in [0.15, 0.2) is 12.1 Å². The van der Waals surface area contributed by atoms with E-state index in [2.05, 4.69) is 5.32 Å². The fraction of sp³-hybridized carbons (Fsp3) is 0.111.